The average Bonchev–Trinajstić information content (AvgIpc) is 2.47. The fourth-order valence-corrected chi connectivity index (χ4v) is 3.43. The van der Waals surface area contributed by atoms with Gasteiger partial charge >= 0.3 is 5.97 Å². The van der Waals surface area contributed by atoms with Crippen molar-refractivity contribution in [2.45, 2.75) is 17.7 Å². The molecule has 0 spiro atoms. The summed E-state index contributed by atoms with van der Waals surface area (Å²) in [5, 5.41) is 9.51. The first-order chi connectivity index (χ1) is 9.67. The highest BCUT2D eigenvalue weighted by Crippen LogP contribution is 2.32. The van der Waals surface area contributed by atoms with E-state index in [1.165, 1.54) is 11.8 Å². The van der Waals surface area contributed by atoms with Crippen LogP contribution < -0.4 is 4.90 Å². The third kappa shape index (κ3) is 3.27. The number of anilines is 1. The number of thioether (sulfide) groups is 1. The van der Waals surface area contributed by atoms with E-state index in [-0.39, 0.29) is 0 Å². The summed E-state index contributed by atoms with van der Waals surface area (Å²) in [6.07, 6.45) is 4.14. The van der Waals surface area contributed by atoms with E-state index in [0.29, 0.717) is 11.5 Å². The van der Waals surface area contributed by atoms with Gasteiger partial charge in [0.05, 0.1) is 17.9 Å². The quantitative estimate of drug-likeness (QED) is 0.846. The Balaban J connectivity index is 2.29. The molecule has 0 aromatic heterocycles. The van der Waals surface area contributed by atoms with Crippen molar-refractivity contribution in [1.82, 2.24) is 0 Å². The van der Waals surface area contributed by atoms with Crippen molar-refractivity contribution in [3.05, 3.63) is 23.8 Å². The van der Waals surface area contributed by atoms with Gasteiger partial charge in [0.1, 0.15) is 0 Å². The number of hydrogen-bond donors (Lipinski definition) is 1. The van der Waals surface area contributed by atoms with Crippen LogP contribution in [-0.2, 0) is 4.74 Å². The molecule has 1 fully saturated rings. The standard InChI is InChI=1S/C15H21NO3S/c1-19-10-11-5-4-8-16(9-11)12-6-3-7-13(20-2)14(12)15(17)18/h3,6-7,11H,4-5,8-10H2,1-2H3,(H,17,18). The summed E-state index contributed by atoms with van der Waals surface area (Å²) in [5.74, 6) is -0.368. The summed E-state index contributed by atoms with van der Waals surface area (Å²) < 4.78 is 5.24. The monoisotopic (exact) mass is 295 g/mol. The fourth-order valence-electron chi connectivity index (χ4n) is 2.82. The van der Waals surface area contributed by atoms with Crippen molar-refractivity contribution in [3.63, 3.8) is 0 Å². The van der Waals surface area contributed by atoms with Crippen molar-refractivity contribution >= 4 is 23.4 Å². The van der Waals surface area contributed by atoms with Gasteiger partial charge in [0.25, 0.3) is 0 Å². The highest BCUT2D eigenvalue weighted by molar-refractivity contribution is 7.98. The summed E-state index contributed by atoms with van der Waals surface area (Å²) in [6.45, 7) is 2.52. The summed E-state index contributed by atoms with van der Waals surface area (Å²) >= 11 is 1.48. The summed E-state index contributed by atoms with van der Waals surface area (Å²) in [6, 6.07) is 5.72. The molecule has 0 amide bonds. The Morgan fingerprint density at radius 3 is 3.00 bits per heavy atom. The maximum absolute atomic E-state index is 11.6. The molecule has 0 bridgehead atoms. The molecule has 1 aromatic rings. The van der Waals surface area contributed by atoms with E-state index in [1.54, 1.807) is 7.11 Å². The van der Waals surface area contributed by atoms with Gasteiger partial charge in [0.2, 0.25) is 0 Å². The number of carboxylic acid groups (broad SMARTS) is 1. The van der Waals surface area contributed by atoms with Gasteiger partial charge in [-0.2, -0.15) is 0 Å². The zero-order chi connectivity index (χ0) is 14.5. The third-order valence-corrected chi connectivity index (χ3v) is 4.48. The largest absolute Gasteiger partial charge is 0.478 e. The number of rotatable bonds is 5. The predicted octanol–water partition coefficient (Wildman–Crippen LogP) is 2.97. The number of aromatic carboxylic acids is 1. The highest BCUT2D eigenvalue weighted by atomic mass is 32.2. The molecule has 1 saturated heterocycles. The Labute approximate surface area is 124 Å². The molecule has 2 rings (SSSR count). The molecule has 1 aliphatic rings. The average molecular weight is 295 g/mol. The summed E-state index contributed by atoms with van der Waals surface area (Å²) in [5.41, 5.74) is 1.27. The highest BCUT2D eigenvalue weighted by Gasteiger charge is 2.24. The Morgan fingerprint density at radius 2 is 2.35 bits per heavy atom. The smallest absolute Gasteiger partial charge is 0.338 e. The van der Waals surface area contributed by atoms with E-state index >= 15 is 0 Å². The number of hydrogen-bond acceptors (Lipinski definition) is 4. The summed E-state index contributed by atoms with van der Waals surface area (Å²) in [4.78, 5) is 14.6. The van der Waals surface area contributed by atoms with Gasteiger partial charge in [-0.1, -0.05) is 6.07 Å². The minimum absolute atomic E-state index is 0.429. The number of methoxy groups -OCH3 is 1. The predicted molar refractivity (Wildman–Crippen MR) is 82.0 cm³/mol. The number of carboxylic acids is 1. The van der Waals surface area contributed by atoms with Crippen LogP contribution in [0.25, 0.3) is 0 Å². The molecular formula is C15H21NO3S. The fraction of sp³-hybridized carbons (Fsp3) is 0.533. The van der Waals surface area contributed by atoms with Crippen molar-refractivity contribution in [3.8, 4) is 0 Å². The van der Waals surface area contributed by atoms with Gasteiger partial charge in [-0.25, -0.2) is 4.79 Å². The van der Waals surface area contributed by atoms with Crippen LogP contribution in [0, 0.1) is 5.92 Å². The molecule has 110 valence electrons. The minimum atomic E-state index is -0.848. The zero-order valence-corrected chi connectivity index (χ0v) is 12.8. The lowest BCUT2D eigenvalue weighted by Gasteiger charge is -2.35. The van der Waals surface area contributed by atoms with E-state index in [4.69, 9.17) is 4.74 Å². The topological polar surface area (TPSA) is 49.8 Å². The van der Waals surface area contributed by atoms with Gasteiger partial charge in [-0.05, 0) is 37.1 Å². The normalized spacial score (nSPS) is 19.1. The molecule has 1 atom stereocenters. The number of piperidine rings is 1. The Bertz CT molecular complexity index is 476. The Hall–Kier alpha value is -1.20. The van der Waals surface area contributed by atoms with Crippen LogP contribution in [0.1, 0.15) is 23.2 Å². The molecule has 1 aliphatic heterocycles. The lowest BCUT2D eigenvalue weighted by atomic mass is 9.97. The minimum Gasteiger partial charge on any atom is -0.478 e. The third-order valence-electron chi connectivity index (χ3n) is 3.70. The maximum Gasteiger partial charge on any atom is 0.338 e. The van der Waals surface area contributed by atoms with E-state index in [0.717, 1.165) is 43.1 Å². The molecule has 4 nitrogen and oxygen atoms in total. The van der Waals surface area contributed by atoms with Crippen LogP contribution in [-0.4, -0.2) is 44.1 Å². The van der Waals surface area contributed by atoms with Crippen molar-refractivity contribution < 1.29 is 14.6 Å². The van der Waals surface area contributed by atoms with Crippen LogP contribution in [0.3, 0.4) is 0 Å². The van der Waals surface area contributed by atoms with Crippen molar-refractivity contribution in [2.24, 2.45) is 5.92 Å². The van der Waals surface area contributed by atoms with Crippen molar-refractivity contribution in [1.29, 1.82) is 0 Å². The molecular weight excluding hydrogens is 274 g/mol. The van der Waals surface area contributed by atoms with Gasteiger partial charge in [0, 0.05) is 25.1 Å². The first-order valence-electron chi connectivity index (χ1n) is 6.81. The summed E-state index contributed by atoms with van der Waals surface area (Å²) in [7, 11) is 1.72. The van der Waals surface area contributed by atoms with Crippen LogP contribution in [0.15, 0.2) is 23.1 Å². The van der Waals surface area contributed by atoms with Crippen LogP contribution in [0.2, 0.25) is 0 Å². The second kappa shape index (κ2) is 6.99. The van der Waals surface area contributed by atoms with Gasteiger partial charge < -0.3 is 14.7 Å². The molecule has 1 aromatic carbocycles. The molecule has 0 radical (unpaired) electrons. The molecule has 0 aliphatic carbocycles. The van der Waals surface area contributed by atoms with Crippen LogP contribution >= 0.6 is 11.8 Å². The Morgan fingerprint density at radius 1 is 1.55 bits per heavy atom. The molecule has 20 heavy (non-hydrogen) atoms. The van der Waals surface area contributed by atoms with Crippen LogP contribution in [0.5, 0.6) is 0 Å². The Kier molecular flexibility index (Phi) is 5.31. The number of benzene rings is 1. The number of carbonyl (C=O) groups is 1. The SMILES string of the molecule is COCC1CCCN(c2cccc(SC)c2C(=O)O)C1. The van der Waals surface area contributed by atoms with Crippen LogP contribution in [0.4, 0.5) is 5.69 Å². The first kappa shape index (κ1) is 15.2. The molecule has 1 N–H and O–H groups in total. The molecule has 5 heteroatoms. The number of nitrogens with zero attached hydrogens (tertiary/aromatic N) is 1. The van der Waals surface area contributed by atoms with E-state index in [2.05, 4.69) is 4.90 Å². The van der Waals surface area contributed by atoms with E-state index < -0.39 is 5.97 Å². The zero-order valence-electron chi connectivity index (χ0n) is 12.0. The van der Waals surface area contributed by atoms with Crippen molar-refractivity contribution in [2.75, 3.05) is 38.0 Å². The van der Waals surface area contributed by atoms with E-state index in [1.807, 2.05) is 24.5 Å². The first-order valence-corrected chi connectivity index (χ1v) is 8.04. The maximum atomic E-state index is 11.6. The molecule has 1 heterocycles. The number of ether oxygens (including phenoxy) is 1. The second-order valence-corrected chi connectivity index (χ2v) is 5.92. The lowest BCUT2D eigenvalue weighted by molar-refractivity contribution is 0.0693. The lowest BCUT2D eigenvalue weighted by Crippen LogP contribution is -2.38. The van der Waals surface area contributed by atoms with Gasteiger partial charge in [-0.15, -0.1) is 11.8 Å². The van der Waals surface area contributed by atoms with E-state index in [9.17, 15) is 9.90 Å². The second-order valence-electron chi connectivity index (χ2n) is 5.07. The molecule has 1 unspecified atom stereocenters. The van der Waals surface area contributed by atoms with Gasteiger partial charge in [-0.3, -0.25) is 0 Å². The molecule has 0 saturated carbocycles. The van der Waals surface area contributed by atoms with Gasteiger partial charge in [0.15, 0.2) is 0 Å².